The summed E-state index contributed by atoms with van der Waals surface area (Å²) in [6, 6.07) is 8.08. The van der Waals surface area contributed by atoms with Crippen LogP contribution in [-0.2, 0) is 17.8 Å². The molecule has 2 aromatic rings. The fourth-order valence-electron chi connectivity index (χ4n) is 3.04. The number of hydrogen-bond donors (Lipinski definition) is 1. The molecule has 0 bridgehead atoms. The minimum absolute atomic E-state index is 0.204. The molecule has 6 nitrogen and oxygen atoms in total. The number of rotatable bonds is 6. The molecule has 1 saturated heterocycles. The Hall–Kier alpha value is -1.73. The molecule has 2 heterocycles. The maximum absolute atomic E-state index is 11.0. The third-order valence-electron chi connectivity index (χ3n) is 4.34. The van der Waals surface area contributed by atoms with Gasteiger partial charge in [0.2, 0.25) is 11.8 Å². The lowest BCUT2D eigenvalue weighted by Crippen LogP contribution is -2.34. The summed E-state index contributed by atoms with van der Waals surface area (Å²) in [4.78, 5) is 17.8. The Labute approximate surface area is 149 Å². The fraction of sp³-hybridized carbons (Fsp3) is 0.471. The van der Waals surface area contributed by atoms with Crippen molar-refractivity contribution in [2.75, 3.05) is 13.1 Å². The van der Waals surface area contributed by atoms with Crippen LogP contribution in [0.4, 0.5) is 0 Å². The number of halogens is 1. The molecule has 0 unspecified atom stereocenters. The predicted molar refractivity (Wildman–Crippen MR) is 93.1 cm³/mol. The number of aromatic nitrogens is 2. The minimum Gasteiger partial charge on any atom is -0.370 e. The van der Waals surface area contributed by atoms with E-state index in [9.17, 15) is 4.79 Å². The molecule has 2 N–H and O–H groups in total. The van der Waals surface area contributed by atoms with Crippen LogP contribution < -0.4 is 5.73 Å². The third-order valence-corrected chi connectivity index (χ3v) is 4.87. The second-order valence-electron chi connectivity index (χ2n) is 6.30. The maximum atomic E-state index is 11.0. The average molecular weight is 393 g/mol. The topological polar surface area (TPSA) is 85.3 Å². The van der Waals surface area contributed by atoms with Gasteiger partial charge in [-0.15, -0.1) is 0 Å². The Kier molecular flexibility index (Phi) is 5.63. The van der Waals surface area contributed by atoms with Crippen LogP contribution >= 0.6 is 15.9 Å². The van der Waals surface area contributed by atoms with E-state index < -0.39 is 0 Å². The maximum Gasteiger partial charge on any atom is 0.231 e. The van der Waals surface area contributed by atoms with Crippen molar-refractivity contribution < 1.29 is 9.32 Å². The average Bonchev–Trinajstić information content (AvgIpc) is 2.98. The number of benzene rings is 1. The molecule has 1 aliphatic rings. The van der Waals surface area contributed by atoms with Crippen molar-refractivity contribution in [1.82, 2.24) is 15.0 Å². The first kappa shape index (κ1) is 17.1. The standard InChI is InChI=1S/C17H21BrN4O2/c18-14-3-1-12(2-4-14)10-17-20-16(21-24-17)11-22-7-5-13(6-8-22)9-15(19)23/h1-4,13H,5-11H2,(H2,19,23). The van der Waals surface area contributed by atoms with Crippen molar-refractivity contribution in [1.29, 1.82) is 0 Å². The van der Waals surface area contributed by atoms with E-state index in [-0.39, 0.29) is 5.91 Å². The second kappa shape index (κ2) is 7.90. The number of amides is 1. The SMILES string of the molecule is NC(=O)CC1CCN(Cc2noc(Cc3ccc(Br)cc3)n2)CC1. The zero-order valence-electron chi connectivity index (χ0n) is 13.4. The summed E-state index contributed by atoms with van der Waals surface area (Å²) in [5.74, 6) is 1.56. The molecule has 1 amide bonds. The molecule has 128 valence electrons. The number of hydrogen-bond acceptors (Lipinski definition) is 5. The summed E-state index contributed by atoms with van der Waals surface area (Å²) >= 11 is 3.42. The van der Waals surface area contributed by atoms with Gasteiger partial charge in [0, 0.05) is 10.9 Å². The van der Waals surface area contributed by atoms with Gasteiger partial charge in [-0.25, -0.2) is 0 Å². The lowest BCUT2D eigenvalue weighted by atomic mass is 9.93. The zero-order valence-corrected chi connectivity index (χ0v) is 15.0. The number of primary amides is 1. The molecule has 7 heteroatoms. The van der Waals surface area contributed by atoms with E-state index in [0.29, 0.717) is 31.2 Å². The van der Waals surface area contributed by atoms with E-state index >= 15 is 0 Å². The number of carbonyl (C=O) groups excluding carboxylic acids is 1. The summed E-state index contributed by atoms with van der Waals surface area (Å²) < 4.78 is 6.41. The smallest absolute Gasteiger partial charge is 0.231 e. The predicted octanol–water partition coefficient (Wildman–Crippen LogP) is 2.51. The highest BCUT2D eigenvalue weighted by Crippen LogP contribution is 2.21. The van der Waals surface area contributed by atoms with E-state index in [2.05, 4.69) is 31.0 Å². The van der Waals surface area contributed by atoms with E-state index in [0.717, 1.165) is 41.8 Å². The summed E-state index contributed by atoms with van der Waals surface area (Å²) in [7, 11) is 0. The van der Waals surface area contributed by atoms with Gasteiger partial charge in [-0.05, 0) is 49.5 Å². The Balaban J connectivity index is 1.49. The second-order valence-corrected chi connectivity index (χ2v) is 7.21. The Morgan fingerprint density at radius 3 is 2.67 bits per heavy atom. The number of nitrogens with two attached hydrogens (primary N) is 1. The highest BCUT2D eigenvalue weighted by molar-refractivity contribution is 9.10. The Bertz CT molecular complexity index is 678. The van der Waals surface area contributed by atoms with Crippen molar-refractivity contribution in [3.63, 3.8) is 0 Å². The van der Waals surface area contributed by atoms with Gasteiger partial charge in [0.05, 0.1) is 13.0 Å². The van der Waals surface area contributed by atoms with E-state index in [1.807, 2.05) is 24.3 Å². The van der Waals surface area contributed by atoms with Crippen molar-refractivity contribution in [3.8, 4) is 0 Å². The van der Waals surface area contributed by atoms with Crippen LogP contribution in [0.1, 0.15) is 36.5 Å². The number of nitrogens with zero attached hydrogens (tertiary/aromatic N) is 3. The van der Waals surface area contributed by atoms with Crippen molar-refractivity contribution in [2.24, 2.45) is 11.7 Å². The van der Waals surface area contributed by atoms with Gasteiger partial charge >= 0.3 is 0 Å². The van der Waals surface area contributed by atoms with Crippen LogP contribution in [-0.4, -0.2) is 34.0 Å². The molecule has 24 heavy (non-hydrogen) atoms. The van der Waals surface area contributed by atoms with Crippen LogP contribution in [0.5, 0.6) is 0 Å². The Morgan fingerprint density at radius 1 is 1.29 bits per heavy atom. The molecule has 1 fully saturated rings. The van der Waals surface area contributed by atoms with Crippen LogP contribution in [0.25, 0.3) is 0 Å². The monoisotopic (exact) mass is 392 g/mol. The lowest BCUT2D eigenvalue weighted by Gasteiger charge is -2.30. The number of carbonyl (C=O) groups is 1. The summed E-state index contributed by atoms with van der Waals surface area (Å²) in [6.45, 7) is 2.57. The quantitative estimate of drug-likeness (QED) is 0.815. The molecular weight excluding hydrogens is 372 g/mol. The largest absolute Gasteiger partial charge is 0.370 e. The number of piperidine rings is 1. The minimum atomic E-state index is -0.204. The highest BCUT2D eigenvalue weighted by Gasteiger charge is 2.22. The molecule has 1 aromatic carbocycles. The summed E-state index contributed by atoms with van der Waals surface area (Å²) in [5.41, 5.74) is 6.41. The molecule has 1 aliphatic heterocycles. The van der Waals surface area contributed by atoms with Crippen molar-refractivity contribution in [3.05, 3.63) is 46.0 Å². The van der Waals surface area contributed by atoms with Gasteiger partial charge in [-0.2, -0.15) is 4.98 Å². The molecule has 0 spiro atoms. The van der Waals surface area contributed by atoms with Gasteiger partial charge in [-0.1, -0.05) is 33.2 Å². The van der Waals surface area contributed by atoms with Gasteiger partial charge in [0.25, 0.3) is 0 Å². The van der Waals surface area contributed by atoms with Crippen molar-refractivity contribution >= 4 is 21.8 Å². The van der Waals surface area contributed by atoms with E-state index in [1.165, 1.54) is 0 Å². The molecule has 0 saturated carbocycles. The molecule has 3 rings (SSSR count). The highest BCUT2D eigenvalue weighted by atomic mass is 79.9. The molecule has 0 aliphatic carbocycles. The molecule has 1 aromatic heterocycles. The molecule has 0 atom stereocenters. The van der Waals surface area contributed by atoms with Crippen LogP contribution in [0.15, 0.2) is 33.3 Å². The summed E-state index contributed by atoms with van der Waals surface area (Å²) in [5, 5.41) is 4.08. The van der Waals surface area contributed by atoms with E-state index in [4.69, 9.17) is 10.3 Å². The normalized spacial score (nSPS) is 16.4. The van der Waals surface area contributed by atoms with E-state index in [1.54, 1.807) is 0 Å². The van der Waals surface area contributed by atoms with Crippen LogP contribution in [0.3, 0.4) is 0 Å². The first-order valence-corrected chi connectivity index (χ1v) is 8.94. The van der Waals surface area contributed by atoms with Crippen LogP contribution in [0, 0.1) is 5.92 Å². The van der Waals surface area contributed by atoms with Crippen molar-refractivity contribution in [2.45, 2.75) is 32.2 Å². The fourth-order valence-corrected chi connectivity index (χ4v) is 3.30. The lowest BCUT2D eigenvalue weighted by molar-refractivity contribution is -0.119. The van der Waals surface area contributed by atoms with Crippen LogP contribution in [0.2, 0.25) is 0 Å². The number of likely N-dealkylation sites (tertiary alicyclic amines) is 1. The Morgan fingerprint density at radius 2 is 2.00 bits per heavy atom. The third kappa shape index (κ3) is 4.88. The van der Waals surface area contributed by atoms with Gasteiger partial charge < -0.3 is 10.3 Å². The van der Waals surface area contributed by atoms with Gasteiger partial charge in [0.15, 0.2) is 5.82 Å². The van der Waals surface area contributed by atoms with Gasteiger partial charge in [0.1, 0.15) is 0 Å². The first-order chi connectivity index (χ1) is 11.6. The first-order valence-electron chi connectivity index (χ1n) is 8.15. The van der Waals surface area contributed by atoms with Gasteiger partial charge in [-0.3, -0.25) is 9.69 Å². The summed E-state index contributed by atoms with van der Waals surface area (Å²) in [6.07, 6.45) is 3.12. The zero-order chi connectivity index (χ0) is 16.9. The molecular formula is C17H21BrN4O2. The molecule has 0 radical (unpaired) electrons.